The van der Waals surface area contributed by atoms with Gasteiger partial charge >= 0.3 is 0 Å². The minimum Gasteiger partial charge on any atom is -0.481 e. The van der Waals surface area contributed by atoms with Crippen molar-refractivity contribution in [3.8, 4) is 5.88 Å². The highest BCUT2D eigenvalue weighted by atomic mass is 16.5. The molecular weight excluding hydrogens is 324 g/mol. The molecule has 0 radical (unpaired) electrons. The average molecular weight is 344 g/mol. The number of pyridine rings is 3. The van der Waals surface area contributed by atoms with Crippen molar-refractivity contribution < 1.29 is 4.74 Å². The summed E-state index contributed by atoms with van der Waals surface area (Å²) in [4.78, 5) is 16.4. The molecule has 130 valence electrons. The first-order valence-corrected chi connectivity index (χ1v) is 8.56. The van der Waals surface area contributed by atoms with Crippen LogP contribution in [0.5, 0.6) is 5.88 Å². The highest BCUT2D eigenvalue weighted by molar-refractivity contribution is 5.80. The van der Waals surface area contributed by atoms with Crippen molar-refractivity contribution in [1.29, 1.82) is 0 Å². The summed E-state index contributed by atoms with van der Waals surface area (Å²) in [5.41, 5.74) is 6.69. The molecule has 0 aliphatic carbocycles. The van der Waals surface area contributed by atoms with Gasteiger partial charge in [-0.3, -0.25) is 4.98 Å². The third kappa shape index (κ3) is 3.28. The number of hydrogen-bond acceptors (Lipinski definition) is 4. The van der Waals surface area contributed by atoms with Crippen LogP contribution >= 0.6 is 0 Å². The van der Waals surface area contributed by atoms with E-state index in [1.165, 1.54) is 16.5 Å². The molecule has 0 saturated carbocycles. The molecule has 0 aromatic carbocycles. The first kappa shape index (κ1) is 16.3. The van der Waals surface area contributed by atoms with Crippen LogP contribution in [-0.4, -0.2) is 27.0 Å². The van der Waals surface area contributed by atoms with Crippen LogP contribution in [0.3, 0.4) is 0 Å². The van der Waals surface area contributed by atoms with E-state index in [4.69, 9.17) is 4.74 Å². The topological polar surface area (TPSA) is 63.7 Å². The second kappa shape index (κ2) is 6.96. The van der Waals surface area contributed by atoms with E-state index in [0.717, 1.165) is 35.2 Å². The predicted octanol–water partition coefficient (Wildman–Crippen LogP) is 3.85. The average Bonchev–Trinajstić information content (AvgIpc) is 3.04. The molecule has 0 aliphatic rings. The molecule has 4 aromatic heterocycles. The van der Waals surface area contributed by atoms with Crippen LogP contribution in [0.25, 0.3) is 11.0 Å². The number of aromatic nitrogens is 4. The minimum atomic E-state index is 0.663. The lowest BCUT2D eigenvalue weighted by Gasteiger charge is -2.08. The number of methoxy groups -OCH3 is 1. The number of ether oxygens (including phenoxy) is 1. The molecule has 0 amide bonds. The quantitative estimate of drug-likeness (QED) is 0.597. The molecule has 26 heavy (non-hydrogen) atoms. The number of rotatable bonds is 5. The summed E-state index contributed by atoms with van der Waals surface area (Å²) in [6.45, 7) is 2.06. The van der Waals surface area contributed by atoms with Crippen molar-refractivity contribution in [1.82, 2.24) is 19.9 Å². The molecule has 5 nitrogen and oxygen atoms in total. The minimum absolute atomic E-state index is 0.663. The Morgan fingerprint density at radius 1 is 1.00 bits per heavy atom. The lowest BCUT2D eigenvalue weighted by Crippen LogP contribution is -1.98. The lowest BCUT2D eigenvalue weighted by atomic mass is 10.0. The van der Waals surface area contributed by atoms with E-state index in [1.54, 1.807) is 13.3 Å². The van der Waals surface area contributed by atoms with Gasteiger partial charge in [0.05, 0.1) is 7.11 Å². The number of aromatic amines is 1. The number of nitrogens with zero attached hydrogens (tertiary/aromatic N) is 3. The lowest BCUT2D eigenvalue weighted by molar-refractivity contribution is 0.393. The standard InChI is InChI=1S/C21H20N4O/c1-14-6-19-18(13-25-20(19)24-10-14)9-16-7-15(11-22-12-16)8-17-4-3-5-23-21(17)26-2/h3-7,10-13H,8-9H2,1-2H3,(H,24,25). The van der Waals surface area contributed by atoms with Gasteiger partial charge in [-0.25, -0.2) is 9.97 Å². The van der Waals surface area contributed by atoms with Crippen LogP contribution in [0.2, 0.25) is 0 Å². The maximum atomic E-state index is 5.35. The maximum absolute atomic E-state index is 5.35. The van der Waals surface area contributed by atoms with E-state index in [9.17, 15) is 0 Å². The van der Waals surface area contributed by atoms with E-state index < -0.39 is 0 Å². The molecule has 0 aliphatic heterocycles. The second-order valence-electron chi connectivity index (χ2n) is 6.45. The third-order valence-corrected chi connectivity index (χ3v) is 4.44. The first-order chi connectivity index (χ1) is 12.7. The van der Waals surface area contributed by atoms with Gasteiger partial charge in [-0.2, -0.15) is 0 Å². The Hall–Kier alpha value is -3.21. The van der Waals surface area contributed by atoms with E-state index in [2.05, 4.69) is 39.0 Å². The summed E-state index contributed by atoms with van der Waals surface area (Å²) in [5.74, 6) is 0.663. The summed E-state index contributed by atoms with van der Waals surface area (Å²) < 4.78 is 5.35. The normalized spacial score (nSPS) is 11.0. The largest absolute Gasteiger partial charge is 0.481 e. The van der Waals surface area contributed by atoms with Crippen LogP contribution in [0, 0.1) is 6.92 Å². The Bertz CT molecular complexity index is 1050. The van der Waals surface area contributed by atoms with E-state index in [0.29, 0.717) is 5.88 Å². The van der Waals surface area contributed by atoms with Crippen molar-refractivity contribution in [2.45, 2.75) is 19.8 Å². The summed E-state index contributed by atoms with van der Waals surface area (Å²) in [6, 6.07) is 8.33. The Kier molecular flexibility index (Phi) is 4.35. The zero-order valence-electron chi connectivity index (χ0n) is 14.9. The van der Waals surface area contributed by atoms with Crippen molar-refractivity contribution in [2.75, 3.05) is 7.11 Å². The van der Waals surface area contributed by atoms with E-state index in [-0.39, 0.29) is 0 Å². The molecule has 4 rings (SSSR count). The van der Waals surface area contributed by atoms with Crippen molar-refractivity contribution in [2.24, 2.45) is 0 Å². The molecule has 5 heteroatoms. The van der Waals surface area contributed by atoms with Gasteiger partial charge in [-0.15, -0.1) is 0 Å². The monoisotopic (exact) mass is 344 g/mol. The molecule has 0 fully saturated rings. The van der Waals surface area contributed by atoms with Gasteiger partial charge < -0.3 is 9.72 Å². The van der Waals surface area contributed by atoms with Crippen LogP contribution in [-0.2, 0) is 12.8 Å². The highest BCUT2D eigenvalue weighted by Crippen LogP contribution is 2.22. The maximum Gasteiger partial charge on any atom is 0.216 e. The number of nitrogens with one attached hydrogen (secondary N) is 1. The van der Waals surface area contributed by atoms with Crippen LogP contribution in [0.1, 0.15) is 27.8 Å². The van der Waals surface area contributed by atoms with Gasteiger partial charge in [0, 0.05) is 54.8 Å². The highest BCUT2D eigenvalue weighted by Gasteiger charge is 2.09. The third-order valence-electron chi connectivity index (χ3n) is 4.44. The van der Waals surface area contributed by atoms with Crippen LogP contribution in [0.4, 0.5) is 0 Å². The molecule has 1 N–H and O–H groups in total. The van der Waals surface area contributed by atoms with Crippen molar-refractivity contribution in [3.05, 3.63) is 83.1 Å². The SMILES string of the molecule is COc1ncccc1Cc1cncc(Cc2c[nH]c3ncc(C)cc23)c1. The first-order valence-electron chi connectivity index (χ1n) is 8.56. The van der Waals surface area contributed by atoms with Crippen LogP contribution in [0.15, 0.2) is 55.2 Å². The Morgan fingerprint density at radius 2 is 1.81 bits per heavy atom. The number of fused-ring (bicyclic) bond motifs is 1. The number of H-pyrrole nitrogens is 1. The van der Waals surface area contributed by atoms with Gasteiger partial charge in [0.15, 0.2) is 0 Å². The second-order valence-corrected chi connectivity index (χ2v) is 6.45. The molecule has 4 aromatic rings. The molecule has 0 unspecified atom stereocenters. The molecule has 4 heterocycles. The molecule has 0 saturated heterocycles. The summed E-state index contributed by atoms with van der Waals surface area (Å²) >= 11 is 0. The Morgan fingerprint density at radius 3 is 2.62 bits per heavy atom. The zero-order chi connectivity index (χ0) is 17.9. The Balaban J connectivity index is 1.60. The van der Waals surface area contributed by atoms with Crippen molar-refractivity contribution >= 4 is 11.0 Å². The summed E-state index contributed by atoms with van der Waals surface area (Å²) in [5, 5.41) is 1.17. The van der Waals surface area contributed by atoms with Crippen LogP contribution < -0.4 is 4.74 Å². The number of aryl methyl sites for hydroxylation is 1. The molecule has 0 spiro atoms. The smallest absolute Gasteiger partial charge is 0.216 e. The molecule has 0 bridgehead atoms. The Labute approximate surface area is 152 Å². The number of hydrogen-bond donors (Lipinski definition) is 1. The van der Waals surface area contributed by atoms with Gasteiger partial charge in [0.25, 0.3) is 0 Å². The fourth-order valence-electron chi connectivity index (χ4n) is 3.23. The summed E-state index contributed by atoms with van der Waals surface area (Å²) in [6.07, 6.45) is 11.0. The van der Waals surface area contributed by atoms with Gasteiger partial charge in [-0.1, -0.05) is 12.1 Å². The van der Waals surface area contributed by atoms with Gasteiger partial charge in [0.2, 0.25) is 5.88 Å². The fourth-order valence-corrected chi connectivity index (χ4v) is 3.23. The van der Waals surface area contributed by atoms with E-state index in [1.807, 2.05) is 36.9 Å². The van der Waals surface area contributed by atoms with Gasteiger partial charge in [-0.05, 0) is 41.3 Å². The molecule has 0 atom stereocenters. The van der Waals surface area contributed by atoms with E-state index >= 15 is 0 Å². The fraction of sp³-hybridized carbons (Fsp3) is 0.190. The predicted molar refractivity (Wildman–Crippen MR) is 101 cm³/mol. The van der Waals surface area contributed by atoms with Gasteiger partial charge in [0.1, 0.15) is 5.65 Å². The zero-order valence-corrected chi connectivity index (χ0v) is 14.9. The molecular formula is C21H20N4O. The summed E-state index contributed by atoms with van der Waals surface area (Å²) in [7, 11) is 1.65. The van der Waals surface area contributed by atoms with Crippen molar-refractivity contribution in [3.63, 3.8) is 0 Å².